The van der Waals surface area contributed by atoms with Crippen LogP contribution in [0.15, 0.2) is 65.9 Å². The van der Waals surface area contributed by atoms with E-state index in [0.29, 0.717) is 17.3 Å². The molecule has 0 bridgehead atoms. The zero-order valence-corrected chi connectivity index (χ0v) is 14.0. The molecule has 26 heavy (non-hydrogen) atoms. The Bertz CT molecular complexity index is 1210. The van der Waals surface area contributed by atoms with Crippen molar-refractivity contribution in [1.29, 1.82) is 0 Å². The molecule has 1 aromatic carbocycles. The molecular formula is C20H15N5O. The fourth-order valence-corrected chi connectivity index (χ4v) is 3.28. The third-order valence-electron chi connectivity index (χ3n) is 4.58. The molecular weight excluding hydrogens is 326 g/mol. The number of carbonyl (C=O) groups is 1. The highest BCUT2D eigenvalue weighted by atomic mass is 16.1. The standard InChI is InChI=1S/C20H15N5O/c1-12-18(26)17-20(23-16-6-2-3-10-25(16)17)24-19(22-12)14-7-8-15-13(11-14)5-4-9-21-15/h2-12H,1H3,(H,22,24)/t12-/m0/s1. The molecule has 1 atom stereocenters. The number of fused-ring (bicyclic) bond motifs is 4. The summed E-state index contributed by atoms with van der Waals surface area (Å²) < 4.78 is 1.81. The summed E-state index contributed by atoms with van der Waals surface area (Å²) >= 11 is 0. The van der Waals surface area contributed by atoms with E-state index in [4.69, 9.17) is 0 Å². The average molecular weight is 341 g/mol. The van der Waals surface area contributed by atoms with Gasteiger partial charge in [-0.15, -0.1) is 0 Å². The van der Waals surface area contributed by atoms with Crippen LogP contribution in [0, 0.1) is 0 Å². The first-order chi connectivity index (χ1) is 12.7. The maximum absolute atomic E-state index is 12.9. The van der Waals surface area contributed by atoms with E-state index in [1.165, 1.54) is 0 Å². The lowest BCUT2D eigenvalue weighted by molar-refractivity contribution is 0.0965. The average Bonchev–Trinajstić information content (AvgIpc) is 2.98. The van der Waals surface area contributed by atoms with Crippen LogP contribution in [0.2, 0.25) is 0 Å². The van der Waals surface area contributed by atoms with Gasteiger partial charge in [-0.1, -0.05) is 12.1 Å². The highest BCUT2D eigenvalue weighted by Gasteiger charge is 2.28. The van der Waals surface area contributed by atoms with Crippen LogP contribution in [0.1, 0.15) is 23.0 Å². The second-order valence-corrected chi connectivity index (χ2v) is 6.29. The summed E-state index contributed by atoms with van der Waals surface area (Å²) in [6, 6.07) is 15.0. The van der Waals surface area contributed by atoms with Gasteiger partial charge in [-0.3, -0.25) is 19.2 Å². The summed E-state index contributed by atoms with van der Waals surface area (Å²) in [5.41, 5.74) is 3.09. The Kier molecular flexibility index (Phi) is 3.12. The van der Waals surface area contributed by atoms with Crippen LogP contribution < -0.4 is 5.32 Å². The van der Waals surface area contributed by atoms with Gasteiger partial charge in [0.25, 0.3) is 0 Å². The van der Waals surface area contributed by atoms with Gasteiger partial charge in [-0.25, -0.2) is 4.98 Å². The Morgan fingerprint density at radius 3 is 2.96 bits per heavy atom. The predicted molar refractivity (Wildman–Crippen MR) is 101 cm³/mol. The Labute approximate surface area is 149 Å². The van der Waals surface area contributed by atoms with Crippen molar-refractivity contribution in [1.82, 2.24) is 14.4 Å². The molecule has 1 N–H and O–H groups in total. The third kappa shape index (κ3) is 2.19. The molecule has 0 saturated carbocycles. The maximum atomic E-state index is 12.9. The Morgan fingerprint density at radius 1 is 1.12 bits per heavy atom. The largest absolute Gasteiger partial charge is 0.323 e. The fraction of sp³-hybridized carbons (Fsp3) is 0.100. The van der Waals surface area contributed by atoms with Crippen molar-refractivity contribution in [3.63, 3.8) is 0 Å². The summed E-state index contributed by atoms with van der Waals surface area (Å²) in [6.07, 6.45) is 3.62. The van der Waals surface area contributed by atoms with Crippen LogP contribution in [0.25, 0.3) is 16.6 Å². The van der Waals surface area contributed by atoms with Crippen molar-refractivity contribution >= 4 is 34.0 Å². The SMILES string of the molecule is C[C@@H]1N=C(c2ccc3ncccc3c2)Nc2nc3ccccn3c2C1=O. The van der Waals surface area contributed by atoms with Crippen molar-refractivity contribution in [2.24, 2.45) is 4.99 Å². The van der Waals surface area contributed by atoms with Crippen molar-refractivity contribution in [2.75, 3.05) is 5.32 Å². The molecule has 0 unspecified atom stereocenters. The second-order valence-electron chi connectivity index (χ2n) is 6.29. The predicted octanol–water partition coefficient (Wildman–Crippen LogP) is 3.33. The van der Waals surface area contributed by atoms with Gasteiger partial charge in [0.2, 0.25) is 5.78 Å². The van der Waals surface area contributed by atoms with Gasteiger partial charge in [0, 0.05) is 23.3 Å². The summed E-state index contributed by atoms with van der Waals surface area (Å²) in [5.74, 6) is 1.12. The van der Waals surface area contributed by atoms with E-state index in [0.717, 1.165) is 22.1 Å². The number of pyridine rings is 2. The van der Waals surface area contributed by atoms with Crippen LogP contribution in [0.3, 0.4) is 0 Å². The summed E-state index contributed by atoms with van der Waals surface area (Å²) in [5, 5.41) is 4.29. The number of benzene rings is 1. The lowest BCUT2D eigenvalue weighted by atomic mass is 10.1. The number of ketones is 1. The number of Topliss-reactive ketones (excluding diaryl/α,β-unsaturated/α-hetero) is 1. The highest BCUT2D eigenvalue weighted by molar-refractivity contribution is 6.16. The number of nitrogens with zero attached hydrogens (tertiary/aromatic N) is 4. The third-order valence-corrected chi connectivity index (χ3v) is 4.58. The monoisotopic (exact) mass is 341 g/mol. The van der Waals surface area contributed by atoms with Crippen LogP contribution >= 0.6 is 0 Å². The van der Waals surface area contributed by atoms with Crippen molar-refractivity contribution in [2.45, 2.75) is 13.0 Å². The number of amidine groups is 1. The number of carbonyl (C=O) groups excluding carboxylic acids is 1. The quantitative estimate of drug-likeness (QED) is 0.576. The summed E-state index contributed by atoms with van der Waals surface area (Å²) in [6.45, 7) is 1.81. The Morgan fingerprint density at radius 2 is 2.04 bits per heavy atom. The first kappa shape index (κ1) is 14.8. The number of aliphatic imine (C=N–C) groups is 1. The molecule has 0 spiro atoms. The van der Waals surface area contributed by atoms with Gasteiger partial charge in [0.1, 0.15) is 23.2 Å². The molecule has 0 radical (unpaired) electrons. The van der Waals surface area contributed by atoms with E-state index in [9.17, 15) is 4.79 Å². The topological polar surface area (TPSA) is 71.7 Å². The highest BCUT2D eigenvalue weighted by Crippen LogP contribution is 2.25. The first-order valence-corrected chi connectivity index (χ1v) is 8.42. The molecule has 6 nitrogen and oxygen atoms in total. The number of hydrogen-bond acceptors (Lipinski definition) is 5. The fourth-order valence-electron chi connectivity index (χ4n) is 3.28. The smallest absolute Gasteiger partial charge is 0.207 e. The minimum Gasteiger partial charge on any atom is -0.323 e. The van der Waals surface area contributed by atoms with Gasteiger partial charge in [0.15, 0.2) is 5.82 Å². The number of nitrogens with one attached hydrogen (secondary N) is 1. The molecule has 0 fully saturated rings. The molecule has 3 aromatic heterocycles. The number of rotatable bonds is 1. The van der Waals surface area contributed by atoms with E-state index in [1.54, 1.807) is 6.20 Å². The van der Waals surface area contributed by atoms with E-state index in [-0.39, 0.29) is 5.78 Å². The Balaban J connectivity index is 1.67. The molecule has 0 saturated heterocycles. The number of anilines is 1. The van der Waals surface area contributed by atoms with Gasteiger partial charge in [0.05, 0.1) is 5.52 Å². The molecule has 0 aliphatic carbocycles. The number of imidazole rings is 1. The van der Waals surface area contributed by atoms with Crippen molar-refractivity contribution in [3.05, 3.63) is 72.2 Å². The zero-order chi connectivity index (χ0) is 17.7. The van der Waals surface area contributed by atoms with E-state index < -0.39 is 6.04 Å². The molecule has 6 heteroatoms. The van der Waals surface area contributed by atoms with Crippen molar-refractivity contribution in [3.8, 4) is 0 Å². The van der Waals surface area contributed by atoms with E-state index in [2.05, 4.69) is 20.3 Å². The van der Waals surface area contributed by atoms with E-state index >= 15 is 0 Å². The van der Waals surface area contributed by atoms with Crippen LogP contribution in [0.4, 0.5) is 5.82 Å². The van der Waals surface area contributed by atoms with Gasteiger partial charge >= 0.3 is 0 Å². The number of aromatic nitrogens is 3. The molecule has 4 aromatic rings. The Hall–Kier alpha value is -3.54. The summed E-state index contributed by atoms with van der Waals surface area (Å²) in [4.78, 5) is 26.4. The van der Waals surface area contributed by atoms with Crippen LogP contribution in [-0.2, 0) is 0 Å². The first-order valence-electron chi connectivity index (χ1n) is 8.42. The molecule has 1 aliphatic rings. The van der Waals surface area contributed by atoms with Gasteiger partial charge in [-0.05, 0) is 43.3 Å². The molecule has 5 rings (SSSR count). The molecule has 0 amide bonds. The lowest BCUT2D eigenvalue weighted by Gasteiger charge is -2.08. The van der Waals surface area contributed by atoms with Crippen LogP contribution in [0.5, 0.6) is 0 Å². The molecule has 126 valence electrons. The van der Waals surface area contributed by atoms with Crippen molar-refractivity contribution < 1.29 is 4.79 Å². The minimum atomic E-state index is -0.497. The maximum Gasteiger partial charge on any atom is 0.207 e. The molecule has 4 heterocycles. The minimum absolute atomic E-state index is 0.0522. The lowest BCUT2D eigenvalue weighted by Crippen LogP contribution is -2.17. The zero-order valence-electron chi connectivity index (χ0n) is 14.0. The number of hydrogen-bond donors (Lipinski definition) is 1. The molecule has 1 aliphatic heterocycles. The van der Waals surface area contributed by atoms with Gasteiger partial charge in [-0.2, -0.15) is 0 Å². The van der Waals surface area contributed by atoms with E-state index in [1.807, 2.05) is 66.1 Å². The normalized spacial score (nSPS) is 16.9. The van der Waals surface area contributed by atoms with Crippen LogP contribution in [-0.4, -0.2) is 32.0 Å². The second kappa shape index (κ2) is 5.49. The summed E-state index contributed by atoms with van der Waals surface area (Å²) in [7, 11) is 0. The van der Waals surface area contributed by atoms with Gasteiger partial charge < -0.3 is 5.32 Å².